The molecular formula is C10H15NO5. The summed E-state index contributed by atoms with van der Waals surface area (Å²) < 4.78 is 9.18. The Labute approximate surface area is 93.3 Å². The number of esters is 2. The van der Waals surface area contributed by atoms with Crippen molar-refractivity contribution in [2.24, 2.45) is 5.92 Å². The van der Waals surface area contributed by atoms with Crippen molar-refractivity contribution in [1.82, 2.24) is 5.32 Å². The highest BCUT2D eigenvalue weighted by molar-refractivity contribution is 5.95. The van der Waals surface area contributed by atoms with Gasteiger partial charge < -0.3 is 14.8 Å². The smallest absolute Gasteiger partial charge is 0.415 e. The van der Waals surface area contributed by atoms with Crippen LogP contribution in [-0.4, -0.2) is 30.7 Å². The summed E-state index contributed by atoms with van der Waals surface area (Å²) in [6, 6.07) is -0.723. The molecule has 16 heavy (non-hydrogen) atoms. The van der Waals surface area contributed by atoms with Gasteiger partial charge in [0.1, 0.15) is 6.04 Å². The Kier molecular flexibility index (Phi) is 4.28. The highest BCUT2D eigenvalue weighted by Crippen LogP contribution is 2.08. The summed E-state index contributed by atoms with van der Waals surface area (Å²) >= 11 is 0. The van der Waals surface area contributed by atoms with Gasteiger partial charge in [0.25, 0.3) is 0 Å². The van der Waals surface area contributed by atoms with Crippen LogP contribution in [0.2, 0.25) is 0 Å². The Morgan fingerprint density at radius 3 is 2.69 bits per heavy atom. The van der Waals surface area contributed by atoms with Crippen molar-refractivity contribution >= 4 is 18.0 Å². The van der Waals surface area contributed by atoms with E-state index in [0.717, 1.165) is 0 Å². The molecule has 1 amide bonds. The minimum atomic E-state index is -0.759. The first-order chi connectivity index (χ1) is 7.49. The van der Waals surface area contributed by atoms with Crippen LogP contribution in [0.15, 0.2) is 0 Å². The number of alkyl carbamates (subject to hydrolysis) is 1. The minimum Gasteiger partial charge on any atom is -0.465 e. The summed E-state index contributed by atoms with van der Waals surface area (Å²) in [6.07, 6.45) is -0.459. The molecule has 0 aliphatic carbocycles. The highest BCUT2D eigenvalue weighted by atomic mass is 16.6. The van der Waals surface area contributed by atoms with Gasteiger partial charge in [-0.15, -0.1) is 0 Å². The topological polar surface area (TPSA) is 81.7 Å². The van der Waals surface area contributed by atoms with Crippen LogP contribution in [-0.2, 0) is 19.1 Å². The molecule has 0 aromatic rings. The maximum atomic E-state index is 11.2. The molecule has 6 heteroatoms. The van der Waals surface area contributed by atoms with E-state index in [1.165, 1.54) is 0 Å². The van der Waals surface area contributed by atoms with Gasteiger partial charge in [-0.25, -0.2) is 9.59 Å². The SMILES string of the molecule is CC(C)COC(=O)CCC1NC(=O)OC1=O. The van der Waals surface area contributed by atoms with Crippen LogP contribution in [0.4, 0.5) is 4.79 Å². The van der Waals surface area contributed by atoms with E-state index < -0.39 is 18.1 Å². The summed E-state index contributed by atoms with van der Waals surface area (Å²) in [4.78, 5) is 32.9. The Hall–Kier alpha value is -1.59. The van der Waals surface area contributed by atoms with E-state index in [0.29, 0.717) is 6.61 Å². The van der Waals surface area contributed by atoms with Crippen molar-refractivity contribution < 1.29 is 23.9 Å². The summed E-state index contributed by atoms with van der Waals surface area (Å²) in [5.41, 5.74) is 0. The lowest BCUT2D eigenvalue weighted by Crippen LogP contribution is -2.29. The predicted molar refractivity (Wildman–Crippen MR) is 53.4 cm³/mol. The minimum absolute atomic E-state index is 0.0900. The molecule has 1 atom stereocenters. The fraction of sp³-hybridized carbons (Fsp3) is 0.700. The van der Waals surface area contributed by atoms with Gasteiger partial charge in [0.2, 0.25) is 0 Å². The molecule has 6 nitrogen and oxygen atoms in total. The molecule has 0 aromatic heterocycles. The van der Waals surface area contributed by atoms with Crippen LogP contribution in [0.1, 0.15) is 26.7 Å². The van der Waals surface area contributed by atoms with Crippen LogP contribution >= 0.6 is 0 Å². The third-order valence-corrected chi connectivity index (χ3v) is 1.98. The van der Waals surface area contributed by atoms with E-state index in [9.17, 15) is 14.4 Å². The molecule has 0 radical (unpaired) electrons. The van der Waals surface area contributed by atoms with Gasteiger partial charge in [0, 0.05) is 6.42 Å². The van der Waals surface area contributed by atoms with Crippen LogP contribution in [0, 0.1) is 5.92 Å². The maximum absolute atomic E-state index is 11.2. The Bertz CT molecular complexity index is 300. The number of carbonyl (C=O) groups is 3. The van der Waals surface area contributed by atoms with E-state index >= 15 is 0 Å². The summed E-state index contributed by atoms with van der Waals surface area (Å²) in [6.45, 7) is 4.23. The number of ether oxygens (including phenoxy) is 2. The molecule has 0 spiro atoms. The monoisotopic (exact) mass is 229 g/mol. The van der Waals surface area contributed by atoms with Crippen LogP contribution < -0.4 is 5.32 Å². The summed E-state index contributed by atoms with van der Waals surface area (Å²) in [5.74, 6) is -0.732. The third kappa shape index (κ3) is 3.88. The average Bonchev–Trinajstić information content (AvgIpc) is 2.51. The molecule has 0 aromatic carbocycles. The fourth-order valence-corrected chi connectivity index (χ4v) is 1.18. The van der Waals surface area contributed by atoms with Gasteiger partial charge in [0.15, 0.2) is 0 Å². The highest BCUT2D eigenvalue weighted by Gasteiger charge is 2.32. The molecule has 1 saturated heterocycles. The van der Waals surface area contributed by atoms with Gasteiger partial charge in [0.05, 0.1) is 6.61 Å². The second kappa shape index (κ2) is 5.48. The van der Waals surface area contributed by atoms with Crippen molar-refractivity contribution in [3.05, 3.63) is 0 Å². The zero-order valence-corrected chi connectivity index (χ0v) is 9.32. The zero-order chi connectivity index (χ0) is 12.1. The van der Waals surface area contributed by atoms with E-state index in [1.54, 1.807) is 0 Å². The first kappa shape index (κ1) is 12.5. The maximum Gasteiger partial charge on any atom is 0.415 e. The molecule has 1 N–H and O–H groups in total. The van der Waals surface area contributed by atoms with Crippen LogP contribution in [0.3, 0.4) is 0 Å². The number of nitrogens with one attached hydrogen (secondary N) is 1. The molecule has 1 fully saturated rings. The number of rotatable bonds is 5. The van der Waals surface area contributed by atoms with E-state index in [1.807, 2.05) is 13.8 Å². The van der Waals surface area contributed by atoms with Gasteiger partial charge in [-0.3, -0.25) is 4.79 Å². The van der Waals surface area contributed by atoms with Gasteiger partial charge in [-0.2, -0.15) is 0 Å². The fourth-order valence-electron chi connectivity index (χ4n) is 1.18. The predicted octanol–water partition coefficient (Wildman–Crippen LogP) is 0.601. The Balaban J connectivity index is 2.21. The molecule has 1 unspecified atom stereocenters. The van der Waals surface area contributed by atoms with Gasteiger partial charge in [-0.05, 0) is 12.3 Å². The lowest BCUT2D eigenvalue weighted by Gasteiger charge is -2.08. The van der Waals surface area contributed by atoms with Crippen molar-refractivity contribution in [3.8, 4) is 0 Å². The first-order valence-corrected chi connectivity index (χ1v) is 5.17. The van der Waals surface area contributed by atoms with Crippen molar-refractivity contribution in [2.45, 2.75) is 32.7 Å². The quantitative estimate of drug-likeness (QED) is 0.551. The van der Waals surface area contributed by atoms with Gasteiger partial charge in [-0.1, -0.05) is 13.8 Å². The Morgan fingerprint density at radius 2 is 2.19 bits per heavy atom. The third-order valence-electron chi connectivity index (χ3n) is 1.98. The first-order valence-electron chi connectivity index (χ1n) is 5.17. The molecule has 1 aliphatic rings. The van der Waals surface area contributed by atoms with Crippen molar-refractivity contribution in [1.29, 1.82) is 0 Å². The standard InChI is InChI=1S/C10H15NO5/c1-6(2)5-15-8(12)4-3-7-9(13)16-10(14)11-7/h6-7H,3-5H2,1-2H3,(H,11,14). The number of cyclic esters (lactones) is 2. The van der Waals surface area contributed by atoms with Gasteiger partial charge >= 0.3 is 18.0 Å². The van der Waals surface area contributed by atoms with E-state index in [2.05, 4.69) is 10.1 Å². The average molecular weight is 229 g/mol. The lowest BCUT2D eigenvalue weighted by atomic mass is 10.1. The molecule has 1 heterocycles. The second-order valence-corrected chi connectivity index (χ2v) is 4.02. The molecule has 0 saturated carbocycles. The normalized spacial score (nSPS) is 19.6. The largest absolute Gasteiger partial charge is 0.465 e. The number of amides is 1. The van der Waals surface area contributed by atoms with Crippen LogP contribution in [0.25, 0.3) is 0 Å². The molecule has 1 rings (SSSR count). The Morgan fingerprint density at radius 1 is 1.50 bits per heavy atom. The lowest BCUT2D eigenvalue weighted by molar-refractivity contribution is -0.145. The zero-order valence-electron chi connectivity index (χ0n) is 9.32. The molecule has 1 aliphatic heterocycles. The summed E-state index contributed by atoms with van der Waals surface area (Å²) in [7, 11) is 0. The number of hydrogen-bond donors (Lipinski definition) is 1. The second-order valence-electron chi connectivity index (χ2n) is 4.02. The van der Waals surface area contributed by atoms with Crippen molar-refractivity contribution in [2.75, 3.05) is 6.61 Å². The van der Waals surface area contributed by atoms with E-state index in [4.69, 9.17) is 4.74 Å². The molecule has 90 valence electrons. The van der Waals surface area contributed by atoms with E-state index in [-0.39, 0.29) is 24.7 Å². The summed E-state index contributed by atoms with van der Waals surface area (Å²) in [5, 5.41) is 2.31. The molecular weight excluding hydrogens is 214 g/mol. The number of carbonyl (C=O) groups excluding carboxylic acids is 3. The van der Waals surface area contributed by atoms with Crippen LogP contribution in [0.5, 0.6) is 0 Å². The number of hydrogen-bond acceptors (Lipinski definition) is 5. The molecule has 0 bridgehead atoms. The van der Waals surface area contributed by atoms with Crippen molar-refractivity contribution in [3.63, 3.8) is 0 Å².